The van der Waals surface area contributed by atoms with Gasteiger partial charge in [0.15, 0.2) is 0 Å². The van der Waals surface area contributed by atoms with Gasteiger partial charge >= 0.3 is 6.09 Å². The number of rotatable bonds is 3. The zero-order valence-electron chi connectivity index (χ0n) is 23.3. The van der Waals surface area contributed by atoms with Crippen molar-refractivity contribution in [3.05, 3.63) is 83.6 Å². The van der Waals surface area contributed by atoms with Crippen molar-refractivity contribution in [1.82, 2.24) is 19.4 Å². The average Bonchev–Trinajstić information content (AvgIpc) is 3.55. The summed E-state index contributed by atoms with van der Waals surface area (Å²) in [4.78, 5) is 20.0. The highest BCUT2D eigenvalue weighted by molar-refractivity contribution is 6.30. The molecule has 2 heterocycles. The van der Waals surface area contributed by atoms with Gasteiger partial charge in [0.05, 0.1) is 24.3 Å². The number of aryl methyl sites for hydroxylation is 2. The van der Waals surface area contributed by atoms with E-state index in [0.717, 1.165) is 79.3 Å². The summed E-state index contributed by atoms with van der Waals surface area (Å²) in [5, 5.41) is 0.726. The second-order valence-corrected chi connectivity index (χ2v) is 10.7. The molecule has 1 saturated heterocycles. The van der Waals surface area contributed by atoms with Crippen LogP contribution in [-0.2, 0) is 18.2 Å². The number of carbonyl (C=O) groups excluding carboxylic acids is 1. The van der Waals surface area contributed by atoms with Gasteiger partial charge in [-0.05, 0) is 80.6 Å². The van der Waals surface area contributed by atoms with Gasteiger partial charge in [-0.25, -0.2) is 9.78 Å². The predicted molar refractivity (Wildman–Crippen MR) is 159 cm³/mol. The van der Waals surface area contributed by atoms with Gasteiger partial charge in [0.2, 0.25) is 0 Å². The normalized spacial score (nSPS) is 18.4. The summed E-state index contributed by atoms with van der Waals surface area (Å²) in [6, 6.07) is 5.77. The summed E-state index contributed by atoms with van der Waals surface area (Å²) in [5.74, 6) is 0. The van der Waals surface area contributed by atoms with Crippen LogP contribution in [0.2, 0.25) is 5.02 Å². The van der Waals surface area contributed by atoms with Crippen LogP contribution in [0.25, 0.3) is 5.57 Å². The third-order valence-corrected chi connectivity index (χ3v) is 7.53. The van der Waals surface area contributed by atoms with E-state index < -0.39 is 0 Å². The number of likely N-dealkylation sites (N-methyl/N-ethyl adjacent to an activating group) is 1. The van der Waals surface area contributed by atoms with Crippen LogP contribution in [0.5, 0.6) is 0 Å². The number of halogens is 1. The molecule has 1 amide bonds. The molecule has 0 radical (unpaired) electrons. The second kappa shape index (κ2) is 14.9. The number of benzene rings is 1. The van der Waals surface area contributed by atoms with Gasteiger partial charge in [0, 0.05) is 38.2 Å². The zero-order valence-corrected chi connectivity index (χ0v) is 24.1. The fourth-order valence-electron chi connectivity index (χ4n) is 5.00. The van der Waals surface area contributed by atoms with Gasteiger partial charge in [-0.1, -0.05) is 42.5 Å². The van der Waals surface area contributed by atoms with E-state index in [9.17, 15) is 4.79 Å². The molecule has 1 aromatic carbocycles. The molecule has 0 unspecified atom stereocenters. The molecule has 1 saturated carbocycles. The molecule has 9 heteroatoms. The van der Waals surface area contributed by atoms with Crippen molar-refractivity contribution in [1.29, 1.82) is 0 Å². The van der Waals surface area contributed by atoms with E-state index in [1.165, 1.54) is 24.6 Å². The highest BCUT2D eigenvalue weighted by Crippen LogP contribution is 2.36. The lowest BCUT2D eigenvalue weighted by atomic mass is 9.93. The molecule has 1 aliphatic heterocycles. The minimum atomic E-state index is -0.246. The molecule has 39 heavy (non-hydrogen) atoms. The van der Waals surface area contributed by atoms with Crippen molar-refractivity contribution in [2.24, 2.45) is 18.5 Å². The Morgan fingerprint density at radius 3 is 2.46 bits per heavy atom. The number of hydrogen-bond donors (Lipinski definition) is 2. The number of imidazole rings is 1. The van der Waals surface area contributed by atoms with E-state index in [4.69, 9.17) is 22.1 Å². The standard InChI is InChI=1S/C17H18ClN3.C11H20N2O2.C2H5N/c1-11-3-4-12-5-6-13(18)8-14(12)15(7-11)17(19)16-9-20-10-21(16)2;1-12-6-8-13(9-7-12)11(14)15-10-4-2-3-5-10;1-2-3/h5-10,17H,1,3-4,19H2,2H3;10H,2-9H2,1H3;2H,1,3H2/t17-;;/m1../s1. The lowest BCUT2D eigenvalue weighted by molar-refractivity contribution is 0.0517. The number of nitrogens with two attached hydrogens (primary N) is 2. The molecular formula is C30H43ClN6O2. The molecule has 1 aromatic heterocycles. The van der Waals surface area contributed by atoms with Crippen molar-refractivity contribution < 1.29 is 9.53 Å². The highest BCUT2D eigenvalue weighted by Gasteiger charge is 2.25. The van der Waals surface area contributed by atoms with Gasteiger partial charge in [0.25, 0.3) is 0 Å². The van der Waals surface area contributed by atoms with Gasteiger partial charge < -0.3 is 30.6 Å². The average molecular weight is 555 g/mol. The monoisotopic (exact) mass is 554 g/mol. The molecule has 2 aromatic rings. The van der Waals surface area contributed by atoms with Crippen LogP contribution in [0.1, 0.15) is 55.0 Å². The van der Waals surface area contributed by atoms with E-state index in [0.29, 0.717) is 0 Å². The number of piperazine rings is 1. The Morgan fingerprint density at radius 1 is 1.18 bits per heavy atom. The minimum absolute atomic E-state index is 0.102. The van der Waals surface area contributed by atoms with Gasteiger partial charge in [-0.3, -0.25) is 0 Å². The minimum Gasteiger partial charge on any atom is -0.446 e. The van der Waals surface area contributed by atoms with Crippen LogP contribution >= 0.6 is 11.6 Å². The molecule has 2 fully saturated rings. The first-order chi connectivity index (χ1) is 18.7. The molecule has 0 bridgehead atoms. The highest BCUT2D eigenvalue weighted by atomic mass is 35.5. The molecule has 4 N–H and O–H groups in total. The number of aromatic nitrogens is 2. The fourth-order valence-corrected chi connectivity index (χ4v) is 5.17. The summed E-state index contributed by atoms with van der Waals surface area (Å²) in [7, 11) is 4.03. The van der Waals surface area contributed by atoms with Crippen LogP contribution in [0.3, 0.4) is 0 Å². The Kier molecular flexibility index (Phi) is 11.7. The van der Waals surface area contributed by atoms with Crippen molar-refractivity contribution in [3.8, 4) is 0 Å². The molecule has 5 rings (SSSR count). The van der Waals surface area contributed by atoms with Crippen molar-refractivity contribution in [3.63, 3.8) is 0 Å². The SMILES string of the molecule is C=C1C=C([C@@H](N)c2cncn2C)c2cc(Cl)ccc2CC1.C=CN.CN1CCN(C(=O)OC2CCCC2)CC1. The van der Waals surface area contributed by atoms with Crippen LogP contribution in [0, 0.1) is 0 Å². The number of carbonyl (C=O) groups is 1. The molecular weight excluding hydrogens is 512 g/mol. The summed E-state index contributed by atoms with van der Waals surface area (Å²) in [6.07, 6.45) is 13.4. The molecule has 3 aliphatic rings. The Balaban J connectivity index is 0.000000205. The topological polar surface area (TPSA) is 103 Å². The molecule has 8 nitrogen and oxygen atoms in total. The van der Waals surface area contributed by atoms with Crippen LogP contribution in [0.4, 0.5) is 4.79 Å². The van der Waals surface area contributed by atoms with Crippen LogP contribution < -0.4 is 11.5 Å². The largest absolute Gasteiger partial charge is 0.446 e. The molecule has 2 aliphatic carbocycles. The fraction of sp³-hybridized carbons (Fsp3) is 0.467. The van der Waals surface area contributed by atoms with Crippen LogP contribution in [0.15, 0.2) is 61.7 Å². The summed E-state index contributed by atoms with van der Waals surface area (Å²) < 4.78 is 7.40. The number of hydrogen-bond acceptors (Lipinski definition) is 6. The first kappa shape index (κ1) is 30.5. The number of nitrogens with zero attached hydrogens (tertiary/aromatic N) is 4. The lowest BCUT2D eigenvalue weighted by Gasteiger charge is -2.32. The van der Waals surface area contributed by atoms with Gasteiger partial charge in [-0.2, -0.15) is 0 Å². The number of fused-ring (bicyclic) bond motifs is 1. The Labute approximate surface area is 237 Å². The molecule has 0 spiro atoms. The van der Waals surface area contributed by atoms with Crippen molar-refractivity contribution in [2.75, 3.05) is 33.2 Å². The third kappa shape index (κ3) is 8.71. The maximum atomic E-state index is 11.7. The van der Waals surface area contributed by atoms with E-state index >= 15 is 0 Å². The van der Waals surface area contributed by atoms with Crippen molar-refractivity contribution >= 4 is 23.3 Å². The van der Waals surface area contributed by atoms with Crippen LogP contribution in [-0.4, -0.2) is 64.8 Å². The van der Waals surface area contributed by atoms with E-state index in [2.05, 4.69) is 48.0 Å². The van der Waals surface area contributed by atoms with Crippen molar-refractivity contribution in [2.45, 2.75) is 50.7 Å². The Morgan fingerprint density at radius 2 is 1.85 bits per heavy atom. The first-order valence-corrected chi connectivity index (χ1v) is 14.0. The predicted octanol–water partition coefficient (Wildman–Crippen LogP) is 5.06. The van der Waals surface area contributed by atoms with E-state index in [-0.39, 0.29) is 18.2 Å². The smallest absolute Gasteiger partial charge is 0.410 e. The van der Waals surface area contributed by atoms with E-state index in [1.54, 1.807) is 6.33 Å². The number of amides is 1. The van der Waals surface area contributed by atoms with Gasteiger partial charge in [0.1, 0.15) is 6.10 Å². The van der Waals surface area contributed by atoms with E-state index in [1.807, 2.05) is 34.8 Å². The quantitative estimate of drug-likeness (QED) is 0.549. The third-order valence-electron chi connectivity index (χ3n) is 7.30. The van der Waals surface area contributed by atoms with Gasteiger partial charge in [-0.15, -0.1) is 0 Å². The Hall–Kier alpha value is -3.07. The Bertz CT molecular complexity index is 1150. The summed E-state index contributed by atoms with van der Waals surface area (Å²) >= 11 is 6.18. The summed E-state index contributed by atoms with van der Waals surface area (Å²) in [6.45, 7) is 10.8. The first-order valence-electron chi connectivity index (χ1n) is 13.6. The number of ether oxygens (including phenoxy) is 1. The molecule has 212 valence electrons. The maximum absolute atomic E-state index is 11.7. The lowest BCUT2D eigenvalue weighted by Crippen LogP contribution is -2.47. The second-order valence-electron chi connectivity index (χ2n) is 10.3. The maximum Gasteiger partial charge on any atom is 0.410 e. The number of allylic oxidation sites excluding steroid dienone is 2. The summed E-state index contributed by atoms with van der Waals surface area (Å²) in [5.41, 5.74) is 16.6. The zero-order chi connectivity index (χ0) is 28.4. The molecule has 1 atom stereocenters.